The van der Waals surface area contributed by atoms with Crippen molar-refractivity contribution in [2.75, 3.05) is 6.54 Å². The van der Waals surface area contributed by atoms with E-state index in [2.05, 4.69) is 15.3 Å². The highest BCUT2D eigenvalue weighted by atomic mass is 16.1. The van der Waals surface area contributed by atoms with Crippen LogP contribution in [0.3, 0.4) is 0 Å². The highest BCUT2D eigenvalue weighted by Gasteiger charge is 2.19. The fourth-order valence-electron chi connectivity index (χ4n) is 1.39. The van der Waals surface area contributed by atoms with Crippen LogP contribution in [0.25, 0.3) is 0 Å². The van der Waals surface area contributed by atoms with E-state index in [0.29, 0.717) is 12.1 Å². The average molecular weight is 163 g/mol. The molecule has 1 aliphatic heterocycles. The second-order valence-corrected chi connectivity index (χ2v) is 2.79. The van der Waals surface area contributed by atoms with Crippen LogP contribution in [-0.2, 0) is 6.42 Å². The molecule has 4 heteroatoms. The van der Waals surface area contributed by atoms with Crippen molar-refractivity contribution in [2.24, 2.45) is 0 Å². The van der Waals surface area contributed by atoms with Crippen LogP contribution in [0.4, 0.5) is 0 Å². The predicted molar refractivity (Wildman–Crippen MR) is 42.8 cm³/mol. The monoisotopic (exact) mass is 163 g/mol. The lowest BCUT2D eigenvalue weighted by atomic mass is 10.1. The first-order chi connectivity index (χ1) is 5.79. The quantitative estimate of drug-likeness (QED) is 0.589. The number of hydrogen-bond donors (Lipinski definition) is 1. The highest BCUT2D eigenvalue weighted by molar-refractivity contribution is 5.97. The largest absolute Gasteiger partial charge is 0.352 e. The zero-order chi connectivity index (χ0) is 8.55. The Morgan fingerprint density at radius 1 is 1.50 bits per heavy atom. The van der Waals surface area contributed by atoms with Gasteiger partial charge in [0.2, 0.25) is 0 Å². The van der Waals surface area contributed by atoms with Crippen molar-refractivity contribution >= 4 is 5.91 Å². The summed E-state index contributed by atoms with van der Waals surface area (Å²) in [5, 5.41) is 2.76. The number of fused-ring (bicyclic) bond motifs is 1. The molecule has 4 nitrogen and oxygen atoms in total. The van der Waals surface area contributed by atoms with E-state index in [1.165, 1.54) is 6.33 Å². The molecule has 0 radical (unpaired) electrons. The topological polar surface area (TPSA) is 54.9 Å². The second-order valence-electron chi connectivity index (χ2n) is 2.79. The third-order valence-corrected chi connectivity index (χ3v) is 1.99. The molecule has 1 aliphatic rings. The number of aromatic nitrogens is 2. The van der Waals surface area contributed by atoms with E-state index in [9.17, 15) is 4.79 Å². The van der Waals surface area contributed by atoms with E-state index in [1.54, 1.807) is 0 Å². The fraction of sp³-hybridized carbons (Fsp3) is 0.375. The molecule has 62 valence electrons. The molecule has 0 saturated carbocycles. The van der Waals surface area contributed by atoms with Crippen LogP contribution in [0.5, 0.6) is 0 Å². The van der Waals surface area contributed by atoms with E-state index in [0.717, 1.165) is 17.8 Å². The molecule has 0 unspecified atom stereocenters. The maximum atomic E-state index is 11.3. The Hall–Kier alpha value is -1.45. The fourth-order valence-corrected chi connectivity index (χ4v) is 1.39. The van der Waals surface area contributed by atoms with E-state index in [1.807, 2.05) is 6.92 Å². The molecule has 1 N–H and O–H groups in total. The summed E-state index contributed by atoms with van der Waals surface area (Å²) >= 11 is 0. The summed E-state index contributed by atoms with van der Waals surface area (Å²) in [6, 6.07) is 0. The smallest absolute Gasteiger partial charge is 0.254 e. The van der Waals surface area contributed by atoms with Gasteiger partial charge in [0.1, 0.15) is 6.33 Å². The summed E-state index contributed by atoms with van der Waals surface area (Å²) in [6.07, 6.45) is 2.32. The van der Waals surface area contributed by atoms with Gasteiger partial charge in [0.25, 0.3) is 5.91 Å². The second kappa shape index (κ2) is 2.55. The first-order valence-electron chi connectivity index (χ1n) is 3.87. The Morgan fingerprint density at radius 3 is 3.08 bits per heavy atom. The predicted octanol–water partition coefficient (Wildman–Crippen LogP) is 0.0709. The minimum absolute atomic E-state index is 0.0469. The minimum atomic E-state index is -0.0469. The number of rotatable bonds is 0. The molecule has 12 heavy (non-hydrogen) atoms. The van der Waals surface area contributed by atoms with Gasteiger partial charge in [-0.25, -0.2) is 9.97 Å². The van der Waals surface area contributed by atoms with Gasteiger partial charge < -0.3 is 5.32 Å². The molecule has 0 spiro atoms. The highest BCUT2D eigenvalue weighted by Crippen LogP contribution is 2.12. The molecule has 0 saturated heterocycles. The van der Waals surface area contributed by atoms with Crippen molar-refractivity contribution in [1.82, 2.24) is 15.3 Å². The van der Waals surface area contributed by atoms with E-state index in [-0.39, 0.29) is 5.91 Å². The van der Waals surface area contributed by atoms with Crippen molar-refractivity contribution in [3.8, 4) is 0 Å². The van der Waals surface area contributed by atoms with Gasteiger partial charge >= 0.3 is 0 Å². The Kier molecular flexibility index (Phi) is 1.53. The number of hydrogen-bond acceptors (Lipinski definition) is 3. The molecule has 0 fully saturated rings. The molecule has 1 aromatic heterocycles. The van der Waals surface area contributed by atoms with Gasteiger partial charge in [-0.15, -0.1) is 0 Å². The molecule has 1 amide bonds. The molecule has 0 aromatic carbocycles. The number of carbonyl (C=O) groups excluding carboxylic acids is 1. The summed E-state index contributed by atoms with van der Waals surface area (Å²) in [7, 11) is 0. The average Bonchev–Trinajstić information content (AvgIpc) is 2.04. The van der Waals surface area contributed by atoms with Crippen molar-refractivity contribution in [1.29, 1.82) is 0 Å². The van der Waals surface area contributed by atoms with Gasteiger partial charge in [-0.3, -0.25) is 4.79 Å². The molecule has 1 aromatic rings. The Bertz CT molecular complexity index is 335. The van der Waals surface area contributed by atoms with Crippen LogP contribution in [0.15, 0.2) is 6.33 Å². The lowest BCUT2D eigenvalue weighted by Crippen LogP contribution is -2.33. The van der Waals surface area contributed by atoms with Crippen LogP contribution in [-0.4, -0.2) is 22.4 Å². The van der Waals surface area contributed by atoms with Crippen LogP contribution >= 0.6 is 0 Å². The Morgan fingerprint density at radius 2 is 2.33 bits per heavy atom. The van der Waals surface area contributed by atoms with Crippen molar-refractivity contribution < 1.29 is 4.79 Å². The number of nitrogens with one attached hydrogen (secondary N) is 1. The lowest BCUT2D eigenvalue weighted by molar-refractivity contribution is 0.0943. The van der Waals surface area contributed by atoms with Gasteiger partial charge in [0.15, 0.2) is 0 Å². The third kappa shape index (κ3) is 0.958. The van der Waals surface area contributed by atoms with Gasteiger partial charge in [-0.05, 0) is 6.92 Å². The van der Waals surface area contributed by atoms with Crippen molar-refractivity contribution in [2.45, 2.75) is 13.3 Å². The third-order valence-electron chi connectivity index (χ3n) is 1.99. The molecule has 0 aliphatic carbocycles. The molecule has 2 rings (SSSR count). The number of aryl methyl sites for hydroxylation is 1. The molecule has 2 heterocycles. The van der Waals surface area contributed by atoms with Gasteiger partial charge in [0, 0.05) is 13.0 Å². The molecule has 0 atom stereocenters. The summed E-state index contributed by atoms with van der Waals surface area (Å²) in [5.74, 6) is -0.0469. The SMILES string of the molecule is Cc1ncnc2c1C(=O)NCC2. The Balaban J connectivity index is 2.60. The maximum Gasteiger partial charge on any atom is 0.254 e. The van der Waals surface area contributed by atoms with Gasteiger partial charge in [0.05, 0.1) is 17.0 Å². The zero-order valence-electron chi connectivity index (χ0n) is 6.79. The zero-order valence-corrected chi connectivity index (χ0v) is 6.79. The Labute approximate surface area is 70.0 Å². The van der Waals surface area contributed by atoms with Crippen molar-refractivity contribution in [3.05, 3.63) is 23.3 Å². The standard InChI is InChI=1S/C8H9N3O/c1-5-7-6(11-4-10-5)2-3-9-8(7)12/h4H,2-3H2,1H3,(H,9,12). The number of carbonyl (C=O) groups is 1. The first-order valence-corrected chi connectivity index (χ1v) is 3.87. The molecule has 0 bridgehead atoms. The van der Waals surface area contributed by atoms with E-state index >= 15 is 0 Å². The minimum Gasteiger partial charge on any atom is -0.352 e. The normalized spacial score (nSPS) is 15.2. The van der Waals surface area contributed by atoms with Crippen LogP contribution in [0.2, 0.25) is 0 Å². The summed E-state index contributed by atoms with van der Waals surface area (Å²) < 4.78 is 0. The first kappa shape index (κ1) is 7.21. The summed E-state index contributed by atoms with van der Waals surface area (Å²) in [4.78, 5) is 19.3. The lowest BCUT2D eigenvalue weighted by Gasteiger charge is -2.15. The van der Waals surface area contributed by atoms with Gasteiger partial charge in [-0.1, -0.05) is 0 Å². The van der Waals surface area contributed by atoms with Crippen LogP contribution in [0.1, 0.15) is 21.7 Å². The summed E-state index contributed by atoms with van der Waals surface area (Å²) in [6.45, 7) is 2.51. The number of amides is 1. The van der Waals surface area contributed by atoms with Crippen LogP contribution in [0, 0.1) is 6.92 Å². The number of nitrogens with zero attached hydrogens (tertiary/aromatic N) is 2. The van der Waals surface area contributed by atoms with Crippen molar-refractivity contribution in [3.63, 3.8) is 0 Å². The van der Waals surface area contributed by atoms with Crippen LogP contribution < -0.4 is 5.32 Å². The van der Waals surface area contributed by atoms with E-state index < -0.39 is 0 Å². The maximum absolute atomic E-state index is 11.3. The molecular formula is C8H9N3O. The summed E-state index contributed by atoms with van der Waals surface area (Å²) in [5.41, 5.74) is 2.28. The van der Waals surface area contributed by atoms with E-state index in [4.69, 9.17) is 0 Å². The van der Waals surface area contributed by atoms with Gasteiger partial charge in [-0.2, -0.15) is 0 Å². The molecular weight excluding hydrogens is 154 g/mol.